The molecule has 0 radical (unpaired) electrons. The molecule has 1 saturated heterocycles. The van der Waals surface area contributed by atoms with Crippen LogP contribution in [0.25, 0.3) is 22.0 Å². The zero-order valence-corrected chi connectivity index (χ0v) is 20.0. The highest BCUT2D eigenvalue weighted by Gasteiger charge is 2.24. The van der Waals surface area contributed by atoms with Crippen LogP contribution in [0.15, 0.2) is 58.5 Å². The van der Waals surface area contributed by atoms with Crippen molar-refractivity contribution in [2.75, 3.05) is 18.4 Å². The first-order valence-corrected chi connectivity index (χ1v) is 12.5. The van der Waals surface area contributed by atoms with Gasteiger partial charge in [0.15, 0.2) is 15.9 Å². The molecule has 7 nitrogen and oxygen atoms in total. The number of benzene rings is 1. The van der Waals surface area contributed by atoms with Crippen LogP contribution < -0.4 is 5.32 Å². The number of rotatable bonds is 6. The van der Waals surface area contributed by atoms with Crippen LogP contribution >= 0.6 is 22.7 Å². The number of anilines is 1. The maximum absolute atomic E-state index is 13.2. The molecule has 2 atom stereocenters. The number of furan rings is 1. The smallest absolute Gasteiger partial charge is 0.269 e. The van der Waals surface area contributed by atoms with Gasteiger partial charge in [0.2, 0.25) is 0 Å². The summed E-state index contributed by atoms with van der Waals surface area (Å²) in [7, 11) is 0. The van der Waals surface area contributed by atoms with Crippen molar-refractivity contribution in [3.63, 3.8) is 0 Å². The average molecular weight is 481 g/mol. The summed E-state index contributed by atoms with van der Waals surface area (Å²) in [4.78, 5) is 25.5. The average Bonchev–Trinajstić information content (AvgIpc) is 3.54. The van der Waals surface area contributed by atoms with E-state index >= 15 is 0 Å². The summed E-state index contributed by atoms with van der Waals surface area (Å²) < 4.78 is 11.3. The highest BCUT2D eigenvalue weighted by Crippen LogP contribution is 2.34. The van der Waals surface area contributed by atoms with Crippen LogP contribution in [0.2, 0.25) is 0 Å². The molecule has 1 N–H and O–H groups in total. The molecule has 4 heterocycles. The summed E-state index contributed by atoms with van der Waals surface area (Å²) in [5.74, 6) is 0.417. The number of morpholine rings is 1. The molecule has 0 saturated carbocycles. The predicted molar refractivity (Wildman–Crippen MR) is 131 cm³/mol. The molecule has 33 heavy (non-hydrogen) atoms. The van der Waals surface area contributed by atoms with Gasteiger partial charge in [-0.3, -0.25) is 15.0 Å². The normalized spacial score (nSPS) is 19.0. The number of ether oxygens (including phenoxy) is 1. The minimum Gasteiger partial charge on any atom is -0.462 e. The van der Waals surface area contributed by atoms with Gasteiger partial charge in [0, 0.05) is 30.6 Å². The summed E-state index contributed by atoms with van der Waals surface area (Å²) in [6.07, 6.45) is 2.02. The largest absolute Gasteiger partial charge is 0.462 e. The first-order chi connectivity index (χ1) is 16.0. The number of hydrogen-bond donors (Lipinski definition) is 1. The molecule has 4 aromatic rings. The second-order valence-corrected chi connectivity index (χ2v) is 9.95. The highest BCUT2D eigenvalue weighted by atomic mass is 32.1. The van der Waals surface area contributed by atoms with Gasteiger partial charge in [-0.1, -0.05) is 30.3 Å². The van der Waals surface area contributed by atoms with Crippen LogP contribution in [0, 0.1) is 0 Å². The lowest BCUT2D eigenvalue weighted by Crippen LogP contribution is -2.44. The lowest BCUT2D eigenvalue weighted by molar-refractivity contribution is -0.0707. The third kappa shape index (κ3) is 5.06. The molecule has 1 aromatic carbocycles. The Bertz CT molecular complexity index is 1210. The summed E-state index contributed by atoms with van der Waals surface area (Å²) in [6, 6.07) is 13.4. The monoisotopic (exact) mass is 480 g/mol. The Kier molecular flexibility index (Phi) is 6.37. The van der Waals surface area contributed by atoms with Crippen LogP contribution in [0.1, 0.15) is 29.2 Å². The third-order valence-electron chi connectivity index (χ3n) is 5.27. The fraction of sp³-hybridized carbons (Fsp3) is 0.292. The molecule has 3 aromatic heterocycles. The highest BCUT2D eigenvalue weighted by molar-refractivity contribution is 7.17. The van der Waals surface area contributed by atoms with Crippen LogP contribution in [0.4, 0.5) is 5.13 Å². The SMILES string of the molecule is CC1CN(Cc2csc(NC(=O)c3sc(-c4ccco4)nc3-c3ccccc3)n2)CC(C)O1. The molecule has 2 unspecified atom stereocenters. The lowest BCUT2D eigenvalue weighted by atomic mass is 10.1. The fourth-order valence-electron chi connectivity index (χ4n) is 4.00. The predicted octanol–water partition coefficient (Wildman–Crippen LogP) is 5.39. The quantitative estimate of drug-likeness (QED) is 0.399. The number of amides is 1. The Morgan fingerprint density at radius 1 is 1.12 bits per heavy atom. The molecule has 0 spiro atoms. The zero-order chi connectivity index (χ0) is 22.8. The van der Waals surface area contributed by atoms with Crippen molar-refractivity contribution >= 4 is 33.7 Å². The number of thiazole rings is 2. The number of hydrogen-bond acceptors (Lipinski definition) is 8. The number of carbonyl (C=O) groups excluding carboxylic acids is 1. The van der Waals surface area contributed by atoms with Crippen molar-refractivity contribution < 1.29 is 13.9 Å². The van der Waals surface area contributed by atoms with Gasteiger partial charge in [-0.15, -0.1) is 22.7 Å². The fourth-order valence-corrected chi connectivity index (χ4v) is 5.65. The molecule has 1 amide bonds. The van der Waals surface area contributed by atoms with Crippen LogP contribution in [0.5, 0.6) is 0 Å². The Morgan fingerprint density at radius 3 is 2.64 bits per heavy atom. The van der Waals surface area contributed by atoms with Crippen LogP contribution in [-0.4, -0.2) is 46.1 Å². The van der Waals surface area contributed by atoms with Gasteiger partial charge in [0.05, 0.1) is 29.9 Å². The van der Waals surface area contributed by atoms with E-state index in [-0.39, 0.29) is 18.1 Å². The van der Waals surface area contributed by atoms with E-state index in [1.165, 1.54) is 22.7 Å². The molecule has 1 fully saturated rings. The third-order valence-corrected chi connectivity index (χ3v) is 7.14. The van der Waals surface area contributed by atoms with Gasteiger partial charge in [-0.05, 0) is 26.0 Å². The van der Waals surface area contributed by atoms with Crippen molar-refractivity contribution in [1.29, 1.82) is 0 Å². The van der Waals surface area contributed by atoms with Crippen molar-refractivity contribution in [3.8, 4) is 22.0 Å². The van der Waals surface area contributed by atoms with E-state index in [0.29, 0.717) is 26.5 Å². The van der Waals surface area contributed by atoms with Gasteiger partial charge >= 0.3 is 0 Å². The molecule has 9 heteroatoms. The molecule has 5 rings (SSSR count). The van der Waals surface area contributed by atoms with Gasteiger partial charge in [-0.25, -0.2) is 9.97 Å². The van der Waals surface area contributed by atoms with Crippen molar-refractivity contribution in [1.82, 2.24) is 14.9 Å². The topological polar surface area (TPSA) is 80.5 Å². The number of aromatic nitrogens is 2. The van der Waals surface area contributed by atoms with Gasteiger partial charge < -0.3 is 9.15 Å². The van der Waals surface area contributed by atoms with E-state index in [1.807, 2.05) is 47.8 Å². The van der Waals surface area contributed by atoms with Crippen LogP contribution in [0.3, 0.4) is 0 Å². The molecular weight excluding hydrogens is 456 g/mol. The van der Waals surface area contributed by atoms with Gasteiger partial charge in [-0.2, -0.15) is 0 Å². The molecule has 170 valence electrons. The van der Waals surface area contributed by atoms with E-state index in [9.17, 15) is 4.79 Å². The van der Waals surface area contributed by atoms with E-state index in [2.05, 4.69) is 29.0 Å². The van der Waals surface area contributed by atoms with Crippen molar-refractivity contribution in [3.05, 3.63) is 64.7 Å². The minimum atomic E-state index is -0.223. The molecule has 0 aliphatic carbocycles. The molecule has 1 aliphatic rings. The first-order valence-electron chi connectivity index (χ1n) is 10.8. The van der Waals surface area contributed by atoms with Gasteiger partial charge in [0.1, 0.15) is 4.88 Å². The van der Waals surface area contributed by atoms with E-state index in [1.54, 1.807) is 6.26 Å². The summed E-state index contributed by atoms with van der Waals surface area (Å²) in [6.45, 7) is 6.67. The Hall–Kier alpha value is -2.85. The van der Waals surface area contributed by atoms with E-state index in [0.717, 1.165) is 30.9 Å². The number of carbonyl (C=O) groups is 1. The summed E-state index contributed by atoms with van der Waals surface area (Å²) in [5.41, 5.74) is 2.46. The van der Waals surface area contributed by atoms with Crippen molar-refractivity contribution in [2.24, 2.45) is 0 Å². The second-order valence-electron chi connectivity index (χ2n) is 8.09. The maximum atomic E-state index is 13.2. The Balaban J connectivity index is 1.35. The summed E-state index contributed by atoms with van der Waals surface area (Å²) >= 11 is 2.75. The first kappa shape index (κ1) is 22.0. The minimum absolute atomic E-state index is 0.206. The molecular formula is C24H24N4O3S2. The molecule has 1 aliphatic heterocycles. The standard InChI is InChI=1S/C24H24N4O3S2/c1-15-11-28(12-16(2)31-15)13-18-14-32-24(25-18)27-22(29)21-20(17-7-4-3-5-8-17)26-23(33-21)19-9-6-10-30-19/h3-10,14-16H,11-13H2,1-2H3,(H,25,27,29). The second kappa shape index (κ2) is 9.56. The lowest BCUT2D eigenvalue weighted by Gasteiger charge is -2.34. The van der Waals surface area contributed by atoms with Gasteiger partial charge in [0.25, 0.3) is 5.91 Å². The Morgan fingerprint density at radius 2 is 1.91 bits per heavy atom. The van der Waals surface area contributed by atoms with Crippen molar-refractivity contribution in [2.45, 2.75) is 32.6 Å². The van der Waals surface area contributed by atoms with Crippen LogP contribution in [-0.2, 0) is 11.3 Å². The van der Waals surface area contributed by atoms with E-state index in [4.69, 9.17) is 14.1 Å². The number of nitrogens with one attached hydrogen (secondary N) is 1. The maximum Gasteiger partial charge on any atom is 0.269 e. The number of nitrogens with zero attached hydrogens (tertiary/aromatic N) is 3. The summed E-state index contributed by atoms with van der Waals surface area (Å²) in [5, 5.41) is 6.21. The Labute approximate surface area is 200 Å². The molecule has 0 bridgehead atoms. The van der Waals surface area contributed by atoms with E-state index < -0.39 is 0 Å². The zero-order valence-electron chi connectivity index (χ0n) is 18.4.